The highest BCUT2D eigenvalue weighted by molar-refractivity contribution is 9.10. The fourth-order valence-corrected chi connectivity index (χ4v) is 5.45. The lowest BCUT2D eigenvalue weighted by atomic mass is 9.99. The van der Waals surface area contributed by atoms with Crippen LogP contribution >= 0.6 is 27.3 Å². The smallest absolute Gasteiger partial charge is 0.357 e. The minimum Gasteiger partial charge on any atom is -0.507 e. The SMILES string of the molecule is O=C1C(=O)N(c2ccc3[nH]nc(C(=O)O)c3c2)[C@@H](c2cc(Br)cs2)/C1=C(/O)c1ccccc1. The lowest BCUT2D eigenvalue weighted by molar-refractivity contribution is -0.132. The van der Waals surface area contributed by atoms with Gasteiger partial charge >= 0.3 is 5.97 Å². The van der Waals surface area contributed by atoms with Crippen LogP contribution in [0.1, 0.15) is 27.0 Å². The average molecular weight is 524 g/mol. The summed E-state index contributed by atoms with van der Waals surface area (Å²) in [5, 5.41) is 29.1. The molecule has 1 saturated heterocycles. The maximum absolute atomic E-state index is 13.2. The number of carboxylic acids is 1. The van der Waals surface area contributed by atoms with Gasteiger partial charge in [0.15, 0.2) is 5.69 Å². The number of carbonyl (C=O) groups is 3. The van der Waals surface area contributed by atoms with Crippen molar-refractivity contribution < 1.29 is 24.6 Å². The number of aliphatic hydroxyl groups is 1. The van der Waals surface area contributed by atoms with E-state index in [0.717, 1.165) is 4.47 Å². The van der Waals surface area contributed by atoms with Crippen LogP contribution in [-0.4, -0.2) is 38.1 Å². The first-order chi connectivity index (χ1) is 15.9. The number of Topliss-reactive ketones (excluding diaryl/α,β-unsaturated/α-hetero) is 1. The number of aliphatic hydroxyl groups excluding tert-OH is 1. The Kier molecular flexibility index (Phi) is 5.10. The van der Waals surface area contributed by atoms with Gasteiger partial charge in [0.25, 0.3) is 11.7 Å². The number of anilines is 1. The number of ketones is 1. The molecule has 2 aromatic carbocycles. The Morgan fingerprint density at radius 3 is 2.52 bits per heavy atom. The van der Waals surface area contributed by atoms with Crippen molar-refractivity contribution in [2.24, 2.45) is 0 Å². The molecule has 0 radical (unpaired) electrons. The van der Waals surface area contributed by atoms with Crippen molar-refractivity contribution in [3.8, 4) is 0 Å². The van der Waals surface area contributed by atoms with Crippen molar-refractivity contribution in [2.75, 3.05) is 4.90 Å². The second-order valence-corrected chi connectivity index (χ2v) is 9.17. The van der Waals surface area contributed by atoms with Gasteiger partial charge in [0, 0.05) is 31.4 Å². The summed E-state index contributed by atoms with van der Waals surface area (Å²) in [6.45, 7) is 0. The van der Waals surface area contributed by atoms with Crippen LogP contribution < -0.4 is 4.90 Å². The lowest BCUT2D eigenvalue weighted by Crippen LogP contribution is -2.29. The topological polar surface area (TPSA) is 124 Å². The molecule has 1 amide bonds. The molecule has 1 fully saturated rings. The van der Waals surface area contributed by atoms with Crippen molar-refractivity contribution in [1.29, 1.82) is 0 Å². The molecule has 164 valence electrons. The van der Waals surface area contributed by atoms with E-state index in [1.54, 1.807) is 48.5 Å². The summed E-state index contributed by atoms with van der Waals surface area (Å²) in [7, 11) is 0. The molecule has 1 atom stereocenters. The molecule has 0 spiro atoms. The summed E-state index contributed by atoms with van der Waals surface area (Å²) in [6.07, 6.45) is 0. The van der Waals surface area contributed by atoms with E-state index in [0.29, 0.717) is 27.0 Å². The molecule has 8 nitrogen and oxygen atoms in total. The Bertz CT molecular complexity index is 1470. The molecule has 0 saturated carbocycles. The number of thiophene rings is 1. The second-order valence-electron chi connectivity index (χ2n) is 7.31. The standard InChI is InChI=1S/C23H14BrN3O5S/c24-12-8-16(33-10-12)19-17(20(28)11-4-2-1-3-5-11)21(29)22(30)27(19)13-6-7-15-14(9-13)18(23(31)32)26-25-15/h1-10,19,28H,(H,25,26)(H,31,32)/b20-17-/t19-/m0/s1. The number of hydrogen-bond acceptors (Lipinski definition) is 6. The van der Waals surface area contributed by atoms with Crippen LogP contribution in [0.25, 0.3) is 16.7 Å². The highest BCUT2D eigenvalue weighted by Gasteiger charge is 2.47. The maximum atomic E-state index is 13.2. The van der Waals surface area contributed by atoms with Crippen LogP contribution in [-0.2, 0) is 9.59 Å². The number of fused-ring (bicyclic) bond motifs is 1. The molecule has 4 aromatic rings. The predicted molar refractivity (Wildman–Crippen MR) is 126 cm³/mol. The number of carboxylic acid groups (broad SMARTS) is 1. The third kappa shape index (κ3) is 3.43. The number of aromatic amines is 1. The van der Waals surface area contributed by atoms with Crippen LogP contribution in [0.2, 0.25) is 0 Å². The molecular weight excluding hydrogens is 510 g/mol. The van der Waals surface area contributed by atoms with E-state index in [2.05, 4.69) is 26.1 Å². The Morgan fingerprint density at radius 1 is 1.09 bits per heavy atom. The summed E-state index contributed by atoms with van der Waals surface area (Å²) in [4.78, 5) is 39.9. The summed E-state index contributed by atoms with van der Waals surface area (Å²) in [6, 6.07) is 14.1. The predicted octanol–water partition coefficient (Wildman–Crippen LogP) is 4.71. The summed E-state index contributed by atoms with van der Waals surface area (Å²) >= 11 is 4.73. The number of rotatable bonds is 4. The molecule has 3 N–H and O–H groups in total. The fourth-order valence-electron chi connectivity index (χ4n) is 3.91. The second kappa shape index (κ2) is 7.98. The minimum atomic E-state index is -1.22. The number of nitrogens with one attached hydrogen (secondary N) is 1. The van der Waals surface area contributed by atoms with E-state index in [9.17, 15) is 24.6 Å². The summed E-state index contributed by atoms with van der Waals surface area (Å²) in [5.41, 5.74) is 0.978. The van der Waals surface area contributed by atoms with Gasteiger partial charge in [0.2, 0.25) is 0 Å². The van der Waals surface area contributed by atoms with Crippen LogP contribution in [0.5, 0.6) is 0 Å². The molecule has 10 heteroatoms. The Morgan fingerprint density at radius 2 is 1.85 bits per heavy atom. The van der Waals surface area contributed by atoms with Crippen molar-refractivity contribution in [3.05, 3.63) is 86.2 Å². The van der Waals surface area contributed by atoms with Gasteiger partial charge in [0.1, 0.15) is 11.8 Å². The van der Waals surface area contributed by atoms with Crippen LogP contribution in [0, 0.1) is 0 Å². The van der Waals surface area contributed by atoms with Crippen molar-refractivity contribution >= 4 is 67.3 Å². The van der Waals surface area contributed by atoms with Gasteiger partial charge in [-0.1, -0.05) is 30.3 Å². The minimum absolute atomic E-state index is 0.0358. The van der Waals surface area contributed by atoms with Gasteiger partial charge in [-0.15, -0.1) is 11.3 Å². The maximum Gasteiger partial charge on any atom is 0.357 e. The first kappa shape index (κ1) is 21.1. The summed E-state index contributed by atoms with van der Waals surface area (Å²) in [5.74, 6) is -3.14. The van der Waals surface area contributed by atoms with Gasteiger partial charge in [-0.05, 0) is 40.2 Å². The van der Waals surface area contributed by atoms with Crippen molar-refractivity contribution in [2.45, 2.75) is 6.04 Å². The van der Waals surface area contributed by atoms with E-state index in [-0.39, 0.29) is 17.0 Å². The third-order valence-electron chi connectivity index (χ3n) is 5.38. The lowest BCUT2D eigenvalue weighted by Gasteiger charge is -2.24. The number of amides is 1. The van der Waals surface area contributed by atoms with E-state index in [1.165, 1.54) is 22.3 Å². The van der Waals surface area contributed by atoms with Crippen LogP contribution in [0.15, 0.2) is 70.0 Å². The van der Waals surface area contributed by atoms with Gasteiger partial charge < -0.3 is 10.2 Å². The molecule has 0 aliphatic carbocycles. The van der Waals surface area contributed by atoms with Crippen molar-refractivity contribution in [3.63, 3.8) is 0 Å². The van der Waals surface area contributed by atoms with Crippen LogP contribution in [0.3, 0.4) is 0 Å². The molecule has 3 heterocycles. The van der Waals surface area contributed by atoms with Gasteiger partial charge in [-0.25, -0.2) is 4.79 Å². The molecular formula is C23H14BrN3O5S. The number of nitrogens with zero attached hydrogens (tertiary/aromatic N) is 2. The Balaban J connectivity index is 1.74. The first-order valence-electron chi connectivity index (χ1n) is 9.68. The van der Waals surface area contributed by atoms with E-state index >= 15 is 0 Å². The number of halogens is 1. The molecule has 0 bridgehead atoms. The van der Waals surface area contributed by atoms with E-state index in [4.69, 9.17) is 0 Å². The largest absolute Gasteiger partial charge is 0.507 e. The molecule has 2 aromatic heterocycles. The van der Waals surface area contributed by atoms with E-state index in [1.807, 2.05) is 5.38 Å². The highest BCUT2D eigenvalue weighted by Crippen LogP contribution is 2.45. The zero-order chi connectivity index (χ0) is 23.3. The molecule has 1 aliphatic rings. The molecule has 1 aliphatic heterocycles. The van der Waals surface area contributed by atoms with Gasteiger partial charge in [-0.3, -0.25) is 19.6 Å². The molecule has 5 rings (SSSR count). The fraction of sp³-hybridized carbons (Fsp3) is 0.0435. The number of aromatic nitrogens is 2. The quantitative estimate of drug-likeness (QED) is 0.202. The number of hydrogen-bond donors (Lipinski definition) is 3. The molecule has 33 heavy (non-hydrogen) atoms. The number of H-pyrrole nitrogens is 1. The highest BCUT2D eigenvalue weighted by atomic mass is 79.9. The number of aromatic carboxylic acids is 1. The summed E-state index contributed by atoms with van der Waals surface area (Å²) < 4.78 is 0.770. The average Bonchev–Trinajstić information content (AvgIpc) is 3.50. The van der Waals surface area contributed by atoms with Crippen molar-refractivity contribution in [1.82, 2.24) is 10.2 Å². The normalized spacial score (nSPS) is 17.7. The monoisotopic (exact) mass is 523 g/mol. The van der Waals surface area contributed by atoms with E-state index < -0.39 is 23.7 Å². The number of carbonyl (C=O) groups excluding carboxylic acids is 2. The number of benzene rings is 2. The zero-order valence-electron chi connectivity index (χ0n) is 16.7. The van der Waals surface area contributed by atoms with Gasteiger partial charge in [-0.2, -0.15) is 5.10 Å². The third-order valence-corrected chi connectivity index (χ3v) is 7.12. The Labute approximate surface area is 198 Å². The van der Waals surface area contributed by atoms with Gasteiger partial charge in [0.05, 0.1) is 11.1 Å². The zero-order valence-corrected chi connectivity index (χ0v) is 19.1. The Hall–Kier alpha value is -3.76. The first-order valence-corrected chi connectivity index (χ1v) is 11.4. The van der Waals surface area contributed by atoms with Crippen LogP contribution in [0.4, 0.5) is 5.69 Å². The molecule has 0 unspecified atom stereocenters.